The Kier molecular flexibility index (Phi) is 6.24. The van der Waals surface area contributed by atoms with Crippen molar-refractivity contribution in [3.05, 3.63) is 29.3 Å². The van der Waals surface area contributed by atoms with Crippen molar-refractivity contribution in [3.8, 4) is 5.75 Å². The second-order valence-corrected chi connectivity index (χ2v) is 10.9. The molecule has 9 heteroatoms. The fraction of sp³-hybridized carbons (Fsp3) is 0.632. The van der Waals surface area contributed by atoms with Crippen molar-refractivity contribution < 1.29 is 23.1 Å². The number of carbonyl (C=O) groups excluding carboxylic acids is 1. The number of benzene rings is 1. The van der Waals surface area contributed by atoms with Gasteiger partial charge in [-0.2, -0.15) is 0 Å². The van der Waals surface area contributed by atoms with Crippen LogP contribution in [0.4, 0.5) is 0 Å². The first kappa shape index (κ1) is 21.4. The van der Waals surface area contributed by atoms with Crippen LogP contribution < -0.4 is 10.1 Å². The third kappa shape index (κ3) is 5.83. The van der Waals surface area contributed by atoms with E-state index in [0.29, 0.717) is 36.7 Å². The molecule has 2 fully saturated rings. The summed E-state index contributed by atoms with van der Waals surface area (Å²) in [5.41, 5.74) is -1.76. The van der Waals surface area contributed by atoms with Gasteiger partial charge in [-0.3, -0.25) is 9.69 Å². The fourth-order valence-electron chi connectivity index (χ4n) is 3.92. The number of rotatable bonds is 6. The lowest BCUT2D eigenvalue weighted by Crippen LogP contribution is -2.55. The van der Waals surface area contributed by atoms with Crippen LogP contribution in [-0.4, -0.2) is 73.2 Å². The van der Waals surface area contributed by atoms with Crippen molar-refractivity contribution >= 4 is 27.3 Å². The van der Waals surface area contributed by atoms with Gasteiger partial charge in [0.1, 0.15) is 18.0 Å². The first-order valence-electron chi connectivity index (χ1n) is 9.41. The SMILES string of the molecule is CC1(NC(=O)CN2CCCC(O)(COc3cccc(Cl)c3)C2)CCS(=O)(=O)C1. The van der Waals surface area contributed by atoms with Crippen LogP contribution in [0.25, 0.3) is 0 Å². The molecular weight excluding hydrogens is 404 g/mol. The number of nitrogens with zero attached hydrogens (tertiary/aromatic N) is 1. The number of aliphatic hydroxyl groups is 1. The van der Waals surface area contributed by atoms with Crippen molar-refractivity contribution in [2.45, 2.75) is 37.3 Å². The van der Waals surface area contributed by atoms with Crippen molar-refractivity contribution in [2.24, 2.45) is 0 Å². The molecule has 0 saturated carbocycles. The highest BCUT2D eigenvalue weighted by atomic mass is 35.5. The van der Waals surface area contributed by atoms with Gasteiger partial charge in [-0.1, -0.05) is 17.7 Å². The van der Waals surface area contributed by atoms with E-state index < -0.39 is 21.0 Å². The largest absolute Gasteiger partial charge is 0.490 e. The first-order chi connectivity index (χ1) is 13.1. The predicted octanol–water partition coefficient (Wildman–Crippen LogP) is 1.24. The van der Waals surface area contributed by atoms with Gasteiger partial charge < -0.3 is 15.2 Å². The number of nitrogens with one attached hydrogen (secondary N) is 1. The van der Waals surface area contributed by atoms with Gasteiger partial charge in [-0.15, -0.1) is 0 Å². The predicted molar refractivity (Wildman–Crippen MR) is 107 cm³/mol. The van der Waals surface area contributed by atoms with Gasteiger partial charge in [0.15, 0.2) is 9.84 Å². The van der Waals surface area contributed by atoms with E-state index in [1.54, 1.807) is 31.2 Å². The Bertz CT molecular complexity index is 833. The average Bonchev–Trinajstić information content (AvgIpc) is 2.86. The van der Waals surface area contributed by atoms with E-state index in [-0.39, 0.29) is 30.6 Å². The molecule has 1 amide bonds. The quantitative estimate of drug-likeness (QED) is 0.705. The summed E-state index contributed by atoms with van der Waals surface area (Å²) in [5.74, 6) is 0.447. The highest BCUT2D eigenvalue weighted by Gasteiger charge is 2.40. The molecule has 0 spiro atoms. The third-order valence-corrected chi connectivity index (χ3v) is 7.39. The highest BCUT2D eigenvalue weighted by molar-refractivity contribution is 7.91. The lowest BCUT2D eigenvalue weighted by Gasteiger charge is -2.39. The van der Waals surface area contributed by atoms with Gasteiger partial charge in [0.05, 0.1) is 23.6 Å². The van der Waals surface area contributed by atoms with E-state index in [9.17, 15) is 18.3 Å². The van der Waals surface area contributed by atoms with Crippen LogP contribution in [0.3, 0.4) is 0 Å². The number of β-amino-alcohol motifs (C(OH)–C–C–N with tert-alkyl or cyclic N) is 1. The van der Waals surface area contributed by atoms with Crippen LogP contribution in [0, 0.1) is 0 Å². The van der Waals surface area contributed by atoms with Gasteiger partial charge >= 0.3 is 0 Å². The molecule has 1 aromatic rings. The van der Waals surface area contributed by atoms with Crippen molar-refractivity contribution in [1.29, 1.82) is 0 Å². The summed E-state index contributed by atoms with van der Waals surface area (Å²) in [6.07, 6.45) is 1.76. The summed E-state index contributed by atoms with van der Waals surface area (Å²) >= 11 is 5.95. The van der Waals surface area contributed by atoms with E-state index in [4.69, 9.17) is 16.3 Å². The summed E-state index contributed by atoms with van der Waals surface area (Å²) in [4.78, 5) is 14.3. The van der Waals surface area contributed by atoms with Crippen molar-refractivity contribution in [1.82, 2.24) is 10.2 Å². The van der Waals surface area contributed by atoms with Crippen LogP contribution in [0.1, 0.15) is 26.2 Å². The molecule has 2 aliphatic rings. The Morgan fingerprint density at radius 1 is 1.39 bits per heavy atom. The Morgan fingerprint density at radius 3 is 2.86 bits per heavy atom. The molecular formula is C19H27ClN2O5S. The van der Waals surface area contributed by atoms with Crippen LogP contribution in [-0.2, 0) is 14.6 Å². The van der Waals surface area contributed by atoms with Gasteiger partial charge in [0, 0.05) is 11.6 Å². The standard InChI is InChI=1S/C19H27ClN2O5S/c1-18(7-9-28(25,26)14-18)21-17(23)11-22-8-3-6-19(24,12-22)13-27-16-5-2-4-15(20)10-16/h2,4-5,10,24H,3,6-9,11-14H2,1H3,(H,21,23). The molecule has 0 aliphatic carbocycles. The molecule has 156 valence electrons. The Hall–Kier alpha value is -1.35. The minimum Gasteiger partial charge on any atom is -0.490 e. The normalized spacial score (nSPS) is 30.1. The second kappa shape index (κ2) is 8.18. The summed E-state index contributed by atoms with van der Waals surface area (Å²) in [7, 11) is -3.08. The lowest BCUT2D eigenvalue weighted by molar-refractivity contribution is -0.126. The number of piperidine rings is 1. The smallest absolute Gasteiger partial charge is 0.234 e. The van der Waals surface area contributed by atoms with E-state index in [1.807, 2.05) is 4.90 Å². The number of sulfone groups is 1. The molecule has 1 aromatic carbocycles. The zero-order valence-corrected chi connectivity index (χ0v) is 17.6. The summed E-state index contributed by atoms with van der Waals surface area (Å²) in [6, 6.07) is 7.00. The monoisotopic (exact) mass is 430 g/mol. The summed E-state index contributed by atoms with van der Waals surface area (Å²) in [5, 5.41) is 14.3. The molecule has 28 heavy (non-hydrogen) atoms. The van der Waals surface area contributed by atoms with E-state index >= 15 is 0 Å². The molecule has 2 atom stereocenters. The van der Waals surface area contributed by atoms with Crippen molar-refractivity contribution in [3.63, 3.8) is 0 Å². The number of hydrogen-bond acceptors (Lipinski definition) is 6. The Balaban J connectivity index is 1.52. The molecule has 2 saturated heterocycles. The maximum atomic E-state index is 12.4. The first-order valence-corrected chi connectivity index (χ1v) is 11.6. The number of amides is 1. The second-order valence-electron chi connectivity index (χ2n) is 8.24. The zero-order chi connectivity index (χ0) is 20.4. The summed E-state index contributed by atoms with van der Waals surface area (Å²) < 4.78 is 29.1. The molecule has 2 aliphatic heterocycles. The van der Waals surface area contributed by atoms with E-state index in [0.717, 1.165) is 6.42 Å². The fourth-order valence-corrected chi connectivity index (χ4v) is 6.19. The van der Waals surface area contributed by atoms with Gasteiger partial charge in [-0.25, -0.2) is 8.42 Å². The minimum atomic E-state index is -3.08. The maximum Gasteiger partial charge on any atom is 0.234 e. The minimum absolute atomic E-state index is 0.0247. The number of hydrogen-bond donors (Lipinski definition) is 2. The van der Waals surface area contributed by atoms with Crippen LogP contribution in [0.15, 0.2) is 24.3 Å². The Labute approximate surface area is 170 Å². The third-order valence-electron chi connectivity index (χ3n) is 5.25. The number of halogens is 1. The molecule has 2 heterocycles. The average molecular weight is 431 g/mol. The molecule has 0 bridgehead atoms. The molecule has 0 radical (unpaired) electrons. The molecule has 7 nitrogen and oxygen atoms in total. The van der Waals surface area contributed by atoms with Gasteiger partial charge in [-0.05, 0) is 50.9 Å². The topological polar surface area (TPSA) is 95.9 Å². The van der Waals surface area contributed by atoms with E-state index in [1.165, 1.54) is 0 Å². The lowest BCUT2D eigenvalue weighted by atomic mass is 9.93. The number of ether oxygens (including phenoxy) is 1. The highest BCUT2D eigenvalue weighted by Crippen LogP contribution is 2.25. The number of carbonyl (C=O) groups is 1. The molecule has 3 rings (SSSR count). The van der Waals surface area contributed by atoms with Crippen molar-refractivity contribution in [2.75, 3.05) is 37.7 Å². The summed E-state index contributed by atoms with van der Waals surface area (Å²) in [6.45, 7) is 3.01. The van der Waals surface area contributed by atoms with Crippen LogP contribution >= 0.6 is 11.6 Å². The van der Waals surface area contributed by atoms with Crippen LogP contribution in [0.2, 0.25) is 5.02 Å². The van der Waals surface area contributed by atoms with Gasteiger partial charge in [0.25, 0.3) is 0 Å². The molecule has 2 N–H and O–H groups in total. The maximum absolute atomic E-state index is 12.4. The zero-order valence-electron chi connectivity index (χ0n) is 16.0. The van der Waals surface area contributed by atoms with E-state index in [2.05, 4.69) is 5.32 Å². The Morgan fingerprint density at radius 2 is 2.18 bits per heavy atom. The van der Waals surface area contributed by atoms with Crippen LogP contribution in [0.5, 0.6) is 5.75 Å². The molecule has 0 aromatic heterocycles. The number of likely N-dealkylation sites (tertiary alicyclic amines) is 1. The van der Waals surface area contributed by atoms with Gasteiger partial charge in [0.2, 0.25) is 5.91 Å². The molecule has 2 unspecified atom stereocenters.